The molecular formula is C27H29N3O3S. The van der Waals surface area contributed by atoms with Crippen LogP contribution < -0.4 is 4.31 Å². The van der Waals surface area contributed by atoms with E-state index in [9.17, 15) is 13.2 Å². The second-order valence-corrected chi connectivity index (χ2v) is 10.0. The largest absolute Gasteiger partial charge is 0.339 e. The van der Waals surface area contributed by atoms with Gasteiger partial charge in [-0.15, -0.1) is 0 Å². The highest BCUT2D eigenvalue weighted by atomic mass is 32.2. The summed E-state index contributed by atoms with van der Waals surface area (Å²) < 4.78 is 28.0. The molecule has 7 heteroatoms. The lowest BCUT2D eigenvalue weighted by atomic mass is 10.2. The summed E-state index contributed by atoms with van der Waals surface area (Å²) >= 11 is 0. The zero-order chi connectivity index (χ0) is 23.8. The molecule has 1 aliphatic heterocycles. The minimum absolute atomic E-state index is 0.168. The summed E-state index contributed by atoms with van der Waals surface area (Å²) in [4.78, 5) is 17.4. The Morgan fingerprint density at radius 2 is 1.35 bits per heavy atom. The van der Waals surface area contributed by atoms with Gasteiger partial charge in [0.25, 0.3) is 10.0 Å². The predicted octanol–water partition coefficient (Wildman–Crippen LogP) is 3.74. The number of piperazine rings is 1. The molecule has 0 aliphatic carbocycles. The van der Waals surface area contributed by atoms with E-state index in [-0.39, 0.29) is 17.3 Å². The van der Waals surface area contributed by atoms with E-state index in [0.717, 1.165) is 25.2 Å². The number of nitrogens with zero attached hydrogens (tertiary/aromatic N) is 3. The zero-order valence-corrected chi connectivity index (χ0v) is 19.8. The molecule has 0 bridgehead atoms. The molecule has 6 nitrogen and oxygen atoms in total. The van der Waals surface area contributed by atoms with Gasteiger partial charge in [0, 0.05) is 32.7 Å². The molecule has 1 fully saturated rings. The summed E-state index contributed by atoms with van der Waals surface area (Å²) in [6.07, 6.45) is 4.24. The van der Waals surface area contributed by atoms with E-state index in [2.05, 4.69) is 29.2 Å². The Balaban J connectivity index is 1.39. The minimum atomic E-state index is -3.87. The lowest BCUT2D eigenvalue weighted by Gasteiger charge is -2.35. The molecule has 34 heavy (non-hydrogen) atoms. The van der Waals surface area contributed by atoms with Gasteiger partial charge in [-0.25, -0.2) is 8.42 Å². The maximum absolute atomic E-state index is 13.4. The normalized spacial score (nSPS) is 14.9. The second kappa shape index (κ2) is 11.1. The fourth-order valence-electron chi connectivity index (χ4n) is 3.93. The number of rotatable bonds is 8. The Bertz CT molecular complexity index is 1190. The number of benzene rings is 3. The summed E-state index contributed by atoms with van der Waals surface area (Å²) in [5, 5.41) is 0. The molecule has 0 unspecified atom stereocenters. The molecule has 0 saturated carbocycles. The average molecular weight is 476 g/mol. The number of para-hydroxylation sites is 1. The minimum Gasteiger partial charge on any atom is -0.339 e. The molecule has 1 amide bonds. The van der Waals surface area contributed by atoms with Crippen molar-refractivity contribution in [3.63, 3.8) is 0 Å². The first kappa shape index (κ1) is 23.7. The first-order valence-corrected chi connectivity index (χ1v) is 12.8. The van der Waals surface area contributed by atoms with Crippen molar-refractivity contribution in [2.45, 2.75) is 4.90 Å². The second-order valence-electron chi connectivity index (χ2n) is 8.15. The van der Waals surface area contributed by atoms with E-state index in [4.69, 9.17) is 0 Å². The Morgan fingerprint density at radius 3 is 1.97 bits per heavy atom. The molecule has 3 aromatic carbocycles. The molecule has 176 valence electrons. The first-order valence-electron chi connectivity index (χ1n) is 11.4. The molecule has 0 spiro atoms. The van der Waals surface area contributed by atoms with Crippen molar-refractivity contribution in [2.75, 3.05) is 43.6 Å². The van der Waals surface area contributed by atoms with Crippen LogP contribution in [0.15, 0.2) is 102 Å². The van der Waals surface area contributed by atoms with E-state index in [1.807, 2.05) is 24.3 Å². The summed E-state index contributed by atoms with van der Waals surface area (Å²) in [5.74, 6) is -0.192. The molecule has 0 atom stereocenters. The van der Waals surface area contributed by atoms with Gasteiger partial charge in [0.05, 0.1) is 10.6 Å². The van der Waals surface area contributed by atoms with Crippen LogP contribution in [0.4, 0.5) is 5.69 Å². The highest BCUT2D eigenvalue weighted by Crippen LogP contribution is 2.23. The number of carbonyl (C=O) groups is 1. The maximum Gasteiger partial charge on any atom is 0.264 e. The van der Waals surface area contributed by atoms with Gasteiger partial charge in [-0.05, 0) is 29.8 Å². The van der Waals surface area contributed by atoms with E-state index >= 15 is 0 Å². The number of carbonyl (C=O) groups excluding carboxylic acids is 1. The van der Waals surface area contributed by atoms with Gasteiger partial charge >= 0.3 is 0 Å². The number of sulfonamides is 1. The quantitative estimate of drug-likeness (QED) is 0.498. The van der Waals surface area contributed by atoms with Crippen LogP contribution in [0.2, 0.25) is 0 Å². The zero-order valence-electron chi connectivity index (χ0n) is 19.0. The predicted molar refractivity (Wildman–Crippen MR) is 136 cm³/mol. The summed E-state index contributed by atoms with van der Waals surface area (Å²) in [6.45, 7) is 3.24. The van der Waals surface area contributed by atoms with Crippen molar-refractivity contribution >= 4 is 27.7 Å². The maximum atomic E-state index is 13.4. The van der Waals surface area contributed by atoms with Crippen molar-refractivity contribution in [1.82, 2.24) is 9.80 Å². The average Bonchev–Trinajstić information content (AvgIpc) is 2.89. The molecule has 4 rings (SSSR count). The Hall–Kier alpha value is -3.42. The SMILES string of the molecule is O=C(CN(c1ccccc1)S(=O)(=O)c1ccccc1)N1CCN(C/C=C/c2ccccc2)CC1. The monoisotopic (exact) mass is 475 g/mol. The van der Waals surface area contributed by atoms with Crippen LogP contribution in [0.5, 0.6) is 0 Å². The molecule has 0 radical (unpaired) electrons. The van der Waals surface area contributed by atoms with Crippen molar-refractivity contribution in [3.8, 4) is 0 Å². The van der Waals surface area contributed by atoms with Gasteiger partial charge in [0.1, 0.15) is 6.54 Å². The van der Waals surface area contributed by atoms with Gasteiger partial charge in [-0.1, -0.05) is 78.9 Å². The Labute approximate surface area is 201 Å². The summed E-state index contributed by atoms with van der Waals surface area (Å²) in [6, 6.07) is 27.2. The number of anilines is 1. The van der Waals surface area contributed by atoms with Crippen LogP contribution >= 0.6 is 0 Å². The number of hydrogen-bond acceptors (Lipinski definition) is 4. The molecule has 0 aromatic heterocycles. The molecule has 3 aromatic rings. The van der Waals surface area contributed by atoms with E-state index in [0.29, 0.717) is 18.8 Å². The third kappa shape index (κ3) is 5.92. The highest BCUT2D eigenvalue weighted by Gasteiger charge is 2.29. The lowest BCUT2D eigenvalue weighted by Crippen LogP contribution is -2.51. The van der Waals surface area contributed by atoms with Crippen LogP contribution in [0.25, 0.3) is 6.08 Å². The fraction of sp³-hybridized carbons (Fsp3) is 0.222. The third-order valence-electron chi connectivity index (χ3n) is 5.85. The molecule has 1 aliphatic rings. The Morgan fingerprint density at radius 1 is 0.794 bits per heavy atom. The lowest BCUT2D eigenvalue weighted by molar-refractivity contribution is -0.131. The van der Waals surface area contributed by atoms with Crippen molar-refractivity contribution in [2.24, 2.45) is 0 Å². The van der Waals surface area contributed by atoms with Crippen LogP contribution in [0.1, 0.15) is 5.56 Å². The first-order chi connectivity index (χ1) is 16.5. The third-order valence-corrected chi connectivity index (χ3v) is 7.64. The Kier molecular flexibility index (Phi) is 7.77. The van der Waals surface area contributed by atoms with E-state index in [1.54, 1.807) is 59.5 Å². The van der Waals surface area contributed by atoms with Crippen LogP contribution in [0, 0.1) is 0 Å². The van der Waals surface area contributed by atoms with Gasteiger partial charge < -0.3 is 4.90 Å². The van der Waals surface area contributed by atoms with Crippen molar-refractivity contribution in [1.29, 1.82) is 0 Å². The van der Waals surface area contributed by atoms with Crippen molar-refractivity contribution in [3.05, 3.63) is 103 Å². The van der Waals surface area contributed by atoms with Crippen LogP contribution in [-0.4, -0.2) is 63.4 Å². The summed E-state index contributed by atoms with van der Waals surface area (Å²) in [5.41, 5.74) is 1.64. The fourth-order valence-corrected chi connectivity index (χ4v) is 5.37. The van der Waals surface area contributed by atoms with Crippen molar-refractivity contribution < 1.29 is 13.2 Å². The topological polar surface area (TPSA) is 60.9 Å². The van der Waals surface area contributed by atoms with E-state index < -0.39 is 10.0 Å². The highest BCUT2D eigenvalue weighted by molar-refractivity contribution is 7.92. The van der Waals surface area contributed by atoms with E-state index in [1.165, 1.54) is 4.31 Å². The van der Waals surface area contributed by atoms with Crippen LogP contribution in [0.3, 0.4) is 0 Å². The molecule has 1 heterocycles. The molecular weight excluding hydrogens is 446 g/mol. The van der Waals surface area contributed by atoms with Gasteiger partial charge in [-0.3, -0.25) is 14.0 Å². The number of hydrogen-bond donors (Lipinski definition) is 0. The summed E-state index contributed by atoms with van der Waals surface area (Å²) in [7, 11) is -3.87. The van der Waals surface area contributed by atoms with Gasteiger partial charge in [0.2, 0.25) is 5.91 Å². The number of amides is 1. The van der Waals surface area contributed by atoms with Gasteiger partial charge in [-0.2, -0.15) is 0 Å². The van der Waals surface area contributed by atoms with Crippen LogP contribution in [-0.2, 0) is 14.8 Å². The molecule has 1 saturated heterocycles. The standard InChI is InChI=1S/C27H29N3O3S/c31-27(29-21-19-28(20-22-29)18-10-13-24-11-4-1-5-12-24)23-30(25-14-6-2-7-15-25)34(32,33)26-16-8-3-9-17-26/h1-17H,18-23H2/b13-10+. The smallest absolute Gasteiger partial charge is 0.264 e. The van der Waals surface area contributed by atoms with Gasteiger partial charge in [0.15, 0.2) is 0 Å². The molecule has 0 N–H and O–H groups in total.